The number of nitrogens with two attached hydrogens (primary N) is 1. The average molecular weight is 233 g/mol. The van der Waals surface area contributed by atoms with Crippen molar-refractivity contribution in [1.29, 1.82) is 0 Å². The maximum atomic E-state index is 12.9. The van der Waals surface area contributed by atoms with Crippen LogP contribution in [-0.2, 0) is 13.0 Å². The Balaban J connectivity index is 2.13. The first-order valence-electron chi connectivity index (χ1n) is 5.23. The van der Waals surface area contributed by atoms with Gasteiger partial charge in [-0.2, -0.15) is 5.10 Å². The van der Waals surface area contributed by atoms with Crippen molar-refractivity contribution in [1.82, 2.24) is 9.78 Å². The number of hydrogen-bond donors (Lipinski definition) is 1. The summed E-state index contributed by atoms with van der Waals surface area (Å²) in [5.74, 6) is -0.282. The number of hydrogen-bond acceptors (Lipinski definition) is 3. The second-order valence-corrected chi connectivity index (χ2v) is 3.69. The van der Waals surface area contributed by atoms with E-state index in [1.165, 1.54) is 29.1 Å². The Labute approximate surface area is 97.5 Å². The molecule has 2 N–H and O–H groups in total. The van der Waals surface area contributed by atoms with E-state index in [0.717, 1.165) is 5.56 Å². The fourth-order valence-corrected chi connectivity index (χ4v) is 1.55. The third kappa shape index (κ3) is 2.69. The third-order valence-electron chi connectivity index (χ3n) is 2.44. The molecule has 1 aromatic carbocycles. The van der Waals surface area contributed by atoms with Gasteiger partial charge in [-0.15, -0.1) is 0 Å². The molecule has 0 amide bonds. The lowest BCUT2D eigenvalue weighted by Crippen LogP contribution is -2.25. The molecule has 0 unspecified atom stereocenters. The second-order valence-electron chi connectivity index (χ2n) is 3.69. The Morgan fingerprint density at radius 2 is 2.18 bits per heavy atom. The van der Waals surface area contributed by atoms with Crippen LogP contribution in [0, 0.1) is 5.82 Å². The highest BCUT2D eigenvalue weighted by Gasteiger charge is 2.01. The molecule has 0 saturated carbocycles. The van der Waals surface area contributed by atoms with E-state index in [1.54, 1.807) is 12.1 Å². The van der Waals surface area contributed by atoms with Crippen LogP contribution in [0.15, 0.2) is 41.3 Å². The molecular formula is C12H12FN3O. The standard InChI is InChI=1S/C12H12FN3O/c13-10-3-1-2-9(8-10)5-7-16-12(17)11(14)4-6-15-16/h1-4,6,8H,5,7,14H2. The van der Waals surface area contributed by atoms with Gasteiger partial charge in [0.15, 0.2) is 0 Å². The molecule has 2 aromatic rings. The number of rotatable bonds is 3. The Morgan fingerprint density at radius 3 is 2.94 bits per heavy atom. The molecular weight excluding hydrogens is 221 g/mol. The lowest BCUT2D eigenvalue weighted by atomic mass is 10.1. The van der Waals surface area contributed by atoms with E-state index in [0.29, 0.717) is 13.0 Å². The molecule has 17 heavy (non-hydrogen) atoms. The molecule has 4 nitrogen and oxygen atoms in total. The van der Waals surface area contributed by atoms with Gasteiger partial charge in [0.2, 0.25) is 0 Å². The zero-order chi connectivity index (χ0) is 12.3. The number of nitrogens with zero attached hydrogens (tertiary/aromatic N) is 2. The topological polar surface area (TPSA) is 60.9 Å². The van der Waals surface area contributed by atoms with Crippen molar-refractivity contribution in [2.75, 3.05) is 5.73 Å². The Morgan fingerprint density at radius 1 is 1.35 bits per heavy atom. The summed E-state index contributed by atoms with van der Waals surface area (Å²) in [7, 11) is 0. The highest BCUT2D eigenvalue weighted by molar-refractivity contribution is 5.31. The monoisotopic (exact) mass is 233 g/mol. The highest BCUT2D eigenvalue weighted by Crippen LogP contribution is 2.04. The van der Waals surface area contributed by atoms with Crippen LogP contribution >= 0.6 is 0 Å². The summed E-state index contributed by atoms with van der Waals surface area (Å²) < 4.78 is 14.2. The number of aromatic nitrogens is 2. The molecule has 0 atom stereocenters. The first-order chi connectivity index (χ1) is 8.16. The normalized spacial score (nSPS) is 10.4. The third-order valence-corrected chi connectivity index (χ3v) is 2.44. The van der Waals surface area contributed by atoms with Gasteiger partial charge in [0.05, 0.1) is 0 Å². The molecule has 0 fully saturated rings. The fraction of sp³-hybridized carbons (Fsp3) is 0.167. The molecule has 0 spiro atoms. The maximum Gasteiger partial charge on any atom is 0.289 e. The van der Waals surface area contributed by atoms with Gasteiger partial charge >= 0.3 is 0 Å². The SMILES string of the molecule is Nc1ccnn(CCc2cccc(F)c2)c1=O. The van der Waals surface area contributed by atoms with Gasteiger partial charge in [0.1, 0.15) is 11.5 Å². The van der Waals surface area contributed by atoms with Crippen LogP contribution in [0.5, 0.6) is 0 Å². The van der Waals surface area contributed by atoms with Crippen LogP contribution in [0.3, 0.4) is 0 Å². The van der Waals surface area contributed by atoms with Crippen LogP contribution in [-0.4, -0.2) is 9.78 Å². The first kappa shape index (κ1) is 11.3. The largest absolute Gasteiger partial charge is 0.394 e. The van der Waals surface area contributed by atoms with Crippen molar-refractivity contribution in [2.45, 2.75) is 13.0 Å². The minimum atomic E-state index is -0.316. The quantitative estimate of drug-likeness (QED) is 0.866. The Bertz CT molecular complexity index is 580. The number of aryl methyl sites for hydroxylation is 2. The molecule has 88 valence electrons. The smallest absolute Gasteiger partial charge is 0.289 e. The van der Waals surface area contributed by atoms with E-state index in [1.807, 2.05) is 0 Å². The van der Waals surface area contributed by atoms with Gasteiger partial charge in [0.25, 0.3) is 5.56 Å². The van der Waals surface area contributed by atoms with Crippen molar-refractivity contribution in [3.05, 3.63) is 58.3 Å². The fourth-order valence-electron chi connectivity index (χ4n) is 1.55. The first-order valence-corrected chi connectivity index (χ1v) is 5.23. The van der Waals surface area contributed by atoms with Crippen LogP contribution < -0.4 is 11.3 Å². The van der Waals surface area contributed by atoms with Gasteiger partial charge < -0.3 is 5.73 Å². The summed E-state index contributed by atoms with van der Waals surface area (Å²) in [5, 5.41) is 3.91. The summed E-state index contributed by atoms with van der Waals surface area (Å²) >= 11 is 0. The van der Waals surface area contributed by atoms with Gasteiger partial charge in [0, 0.05) is 12.7 Å². The van der Waals surface area contributed by atoms with Crippen LogP contribution in [0.4, 0.5) is 10.1 Å². The zero-order valence-corrected chi connectivity index (χ0v) is 9.14. The van der Waals surface area contributed by atoms with Crippen LogP contribution in [0.1, 0.15) is 5.56 Å². The predicted molar refractivity (Wildman–Crippen MR) is 63.0 cm³/mol. The van der Waals surface area contributed by atoms with E-state index in [-0.39, 0.29) is 17.1 Å². The van der Waals surface area contributed by atoms with Crippen LogP contribution in [0.25, 0.3) is 0 Å². The van der Waals surface area contributed by atoms with Crippen molar-refractivity contribution in [3.63, 3.8) is 0 Å². The lowest BCUT2D eigenvalue weighted by molar-refractivity contribution is 0.575. The predicted octanol–water partition coefficient (Wildman–Crippen LogP) is 1.21. The van der Waals surface area contributed by atoms with E-state index >= 15 is 0 Å². The van der Waals surface area contributed by atoms with E-state index in [4.69, 9.17) is 5.73 Å². The van der Waals surface area contributed by atoms with Crippen molar-refractivity contribution >= 4 is 5.69 Å². The second kappa shape index (κ2) is 4.78. The van der Waals surface area contributed by atoms with Crippen molar-refractivity contribution < 1.29 is 4.39 Å². The molecule has 0 radical (unpaired) electrons. The van der Waals surface area contributed by atoms with E-state index < -0.39 is 0 Å². The lowest BCUT2D eigenvalue weighted by Gasteiger charge is -2.05. The Hall–Kier alpha value is -2.17. The van der Waals surface area contributed by atoms with Crippen LogP contribution in [0.2, 0.25) is 0 Å². The molecule has 2 rings (SSSR count). The van der Waals surface area contributed by atoms with E-state index in [2.05, 4.69) is 5.10 Å². The van der Waals surface area contributed by atoms with Crippen molar-refractivity contribution in [2.24, 2.45) is 0 Å². The summed E-state index contributed by atoms with van der Waals surface area (Å²) in [6.45, 7) is 0.382. The highest BCUT2D eigenvalue weighted by atomic mass is 19.1. The van der Waals surface area contributed by atoms with Gasteiger partial charge in [-0.3, -0.25) is 4.79 Å². The van der Waals surface area contributed by atoms with Gasteiger partial charge in [-0.25, -0.2) is 9.07 Å². The number of nitrogen functional groups attached to an aromatic ring is 1. The molecule has 5 heteroatoms. The van der Waals surface area contributed by atoms with Gasteiger partial charge in [-0.05, 0) is 30.2 Å². The molecule has 0 aliphatic rings. The zero-order valence-electron chi connectivity index (χ0n) is 9.14. The minimum absolute atomic E-state index is 0.166. The van der Waals surface area contributed by atoms with Crippen molar-refractivity contribution in [3.8, 4) is 0 Å². The molecule has 0 bridgehead atoms. The summed E-state index contributed by atoms with van der Waals surface area (Å²) in [4.78, 5) is 11.6. The number of benzene rings is 1. The minimum Gasteiger partial charge on any atom is -0.394 e. The number of anilines is 1. The Kier molecular flexibility index (Phi) is 3.18. The molecule has 0 aliphatic carbocycles. The molecule has 0 saturated heterocycles. The maximum absolute atomic E-state index is 12.9. The van der Waals surface area contributed by atoms with Gasteiger partial charge in [-0.1, -0.05) is 12.1 Å². The summed E-state index contributed by atoms with van der Waals surface area (Å²) in [5.41, 5.74) is 6.15. The summed E-state index contributed by atoms with van der Waals surface area (Å²) in [6, 6.07) is 7.73. The molecule has 0 aliphatic heterocycles. The summed E-state index contributed by atoms with van der Waals surface area (Å²) in [6.07, 6.45) is 2.01. The molecule has 1 aromatic heterocycles. The number of halogens is 1. The molecule has 1 heterocycles. The van der Waals surface area contributed by atoms with E-state index in [9.17, 15) is 9.18 Å². The average Bonchev–Trinajstić information content (AvgIpc) is 2.31.